The Morgan fingerprint density at radius 1 is 1.13 bits per heavy atom. The number of H-pyrrole nitrogens is 1. The van der Waals surface area contributed by atoms with Crippen LogP contribution in [0.2, 0.25) is 0 Å². The Morgan fingerprint density at radius 3 is 2.70 bits per heavy atom. The third kappa shape index (κ3) is 3.81. The maximum absolute atomic E-state index is 12.8. The van der Waals surface area contributed by atoms with Crippen molar-refractivity contribution in [3.05, 3.63) is 53.2 Å². The lowest BCUT2D eigenvalue weighted by molar-refractivity contribution is 0.102. The quantitative estimate of drug-likeness (QED) is 0.455. The molecule has 0 saturated heterocycles. The molecule has 4 rings (SSSR count). The maximum atomic E-state index is 12.8. The summed E-state index contributed by atoms with van der Waals surface area (Å²) in [5.41, 5.74) is 2.37. The van der Waals surface area contributed by atoms with Gasteiger partial charge in [0.05, 0.1) is 30.9 Å². The van der Waals surface area contributed by atoms with Crippen LogP contribution in [0, 0.1) is 0 Å². The van der Waals surface area contributed by atoms with Crippen LogP contribution >= 0.6 is 11.3 Å². The number of imidazole rings is 1. The van der Waals surface area contributed by atoms with Crippen LogP contribution in [0.5, 0.6) is 11.5 Å². The van der Waals surface area contributed by atoms with Gasteiger partial charge >= 0.3 is 0 Å². The first kappa shape index (κ1) is 19.8. The summed E-state index contributed by atoms with van der Waals surface area (Å²) in [6.45, 7) is 0. The lowest BCUT2D eigenvalue weighted by Gasteiger charge is -2.08. The van der Waals surface area contributed by atoms with Crippen LogP contribution in [-0.2, 0) is 0 Å². The van der Waals surface area contributed by atoms with Gasteiger partial charge in [-0.25, -0.2) is 18.7 Å². The van der Waals surface area contributed by atoms with Crippen molar-refractivity contribution in [3.8, 4) is 22.8 Å². The van der Waals surface area contributed by atoms with Crippen LogP contribution < -0.4 is 14.8 Å². The number of hydrogen-bond donors (Lipinski definition) is 2. The Labute approximate surface area is 173 Å². The highest BCUT2D eigenvalue weighted by Crippen LogP contribution is 2.35. The number of halogens is 2. The van der Waals surface area contributed by atoms with Crippen LogP contribution in [0.15, 0.2) is 41.8 Å². The zero-order valence-electron chi connectivity index (χ0n) is 15.9. The molecule has 2 aromatic heterocycles. The van der Waals surface area contributed by atoms with Gasteiger partial charge in [-0.2, -0.15) is 0 Å². The number of nitrogens with zero attached hydrogens (tertiary/aromatic N) is 2. The lowest BCUT2D eigenvalue weighted by atomic mass is 10.1. The molecule has 0 aliphatic rings. The molecule has 0 saturated carbocycles. The third-order valence-corrected chi connectivity index (χ3v) is 5.13. The first-order chi connectivity index (χ1) is 14.5. The van der Waals surface area contributed by atoms with Crippen LogP contribution in [0.4, 0.5) is 13.9 Å². The molecule has 0 unspecified atom stereocenters. The zero-order chi connectivity index (χ0) is 21.3. The topological polar surface area (TPSA) is 89.1 Å². The van der Waals surface area contributed by atoms with Gasteiger partial charge in [-0.15, -0.1) is 11.3 Å². The van der Waals surface area contributed by atoms with Crippen LogP contribution in [0.25, 0.3) is 22.3 Å². The highest BCUT2D eigenvalue weighted by molar-refractivity contribution is 7.14. The minimum absolute atomic E-state index is 0.294. The molecule has 2 heterocycles. The van der Waals surface area contributed by atoms with E-state index in [1.807, 2.05) is 0 Å². The monoisotopic (exact) mass is 430 g/mol. The van der Waals surface area contributed by atoms with E-state index in [4.69, 9.17) is 9.47 Å². The number of amides is 1. The van der Waals surface area contributed by atoms with Gasteiger partial charge in [-0.05, 0) is 36.4 Å². The second-order valence-corrected chi connectivity index (χ2v) is 7.07. The van der Waals surface area contributed by atoms with Crippen molar-refractivity contribution in [2.24, 2.45) is 0 Å². The van der Waals surface area contributed by atoms with E-state index in [9.17, 15) is 13.6 Å². The molecule has 0 bridgehead atoms. The molecule has 2 N–H and O–H groups in total. The predicted molar refractivity (Wildman–Crippen MR) is 110 cm³/mol. The number of methoxy groups -OCH3 is 2. The molecule has 0 aliphatic heterocycles. The number of benzene rings is 2. The van der Waals surface area contributed by atoms with E-state index in [0.29, 0.717) is 38.9 Å². The van der Waals surface area contributed by atoms with Gasteiger partial charge in [-0.3, -0.25) is 10.1 Å². The summed E-state index contributed by atoms with van der Waals surface area (Å²) in [4.78, 5) is 23.4. The van der Waals surface area contributed by atoms with Gasteiger partial charge in [0.25, 0.3) is 12.3 Å². The number of rotatable bonds is 6. The van der Waals surface area contributed by atoms with Gasteiger partial charge < -0.3 is 14.5 Å². The molecule has 154 valence electrons. The Morgan fingerprint density at radius 2 is 1.97 bits per heavy atom. The molecule has 1 amide bonds. The van der Waals surface area contributed by atoms with E-state index in [1.54, 1.807) is 37.8 Å². The minimum atomic E-state index is -2.71. The van der Waals surface area contributed by atoms with Crippen LogP contribution in [-0.4, -0.2) is 35.1 Å². The van der Waals surface area contributed by atoms with Gasteiger partial charge in [0, 0.05) is 16.5 Å². The Balaban J connectivity index is 1.57. The van der Waals surface area contributed by atoms with E-state index in [1.165, 1.54) is 29.5 Å². The largest absolute Gasteiger partial charge is 0.497 e. The van der Waals surface area contributed by atoms with Crippen LogP contribution in [0.1, 0.15) is 22.6 Å². The van der Waals surface area contributed by atoms with Crippen molar-refractivity contribution in [1.29, 1.82) is 0 Å². The molecule has 10 heteroatoms. The normalized spacial score (nSPS) is 11.1. The molecule has 0 aliphatic carbocycles. The summed E-state index contributed by atoms with van der Waals surface area (Å²) in [5.74, 6) is 0.432. The van der Waals surface area contributed by atoms with E-state index >= 15 is 0 Å². The van der Waals surface area contributed by atoms with E-state index < -0.39 is 18.2 Å². The average Bonchev–Trinajstić information content (AvgIpc) is 3.39. The molecule has 7 nitrogen and oxygen atoms in total. The molecule has 0 spiro atoms. The first-order valence-electron chi connectivity index (χ1n) is 8.75. The number of carbonyl (C=O) groups excluding carboxylic acids is 1. The van der Waals surface area contributed by atoms with Gasteiger partial charge in [0.15, 0.2) is 11.0 Å². The SMILES string of the molecule is COc1ccc(OC)c(-c2csc(NC(=O)c3ccc4nc(C(F)F)[nH]c4c3)n2)c1. The van der Waals surface area contributed by atoms with Crippen molar-refractivity contribution < 1.29 is 23.0 Å². The highest BCUT2D eigenvalue weighted by atomic mass is 32.1. The number of aromatic nitrogens is 3. The first-order valence-corrected chi connectivity index (χ1v) is 9.63. The summed E-state index contributed by atoms with van der Waals surface area (Å²) < 4.78 is 36.2. The Hall–Kier alpha value is -3.53. The predicted octanol–water partition coefficient (Wildman–Crippen LogP) is 4.89. The molecule has 2 aromatic carbocycles. The summed E-state index contributed by atoms with van der Waals surface area (Å²) in [6, 6.07) is 9.87. The standard InChI is InChI=1S/C20H16F2N4O3S/c1-28-11-4-6-16(29-2)12(8-11)15-9-30-20(25-15)26-19(27)10-3-5-13-14(7-10)24-18(23-13)17(21)22/h3-9,17H,1-2H3,(H,23,24)(H,25,26,27). The number of aromatic amines is 1. The molecular weight excluding hydrogens is 414 g/mol. The molecule has 0 radical (unpaired) electrons. The lowest BCUT2D eigenvalue weighted by Crippen LogP contribution is -2.11. The number of carbonyl (C=O) groups is 1. The number of fused-ring (bicyclic) bond motifs is 1. The van der Waals surface area contributed by atoms with E-state index in [2.05, 4.69) is 20.3 Å². The van der Waals surface area contributed by atoms with Crippen molar-refractivity contribution in [1.82, 2.24) is 15.0 Å². The van der Waals surface area contributed by atoms with E-state index in [-0.39, 0.29) is 0 Å². The number of ether oxygens (including phenoxy) is 2. The van der Waals surface area contributed by atoms with Gasteiger partial charge in [-0.1, -0.05) is 0 Å². The third-order valence-electron chi connectivity index (χ3n) is 4.38. The summed E-state index contributed by atoms with van der Waals surface area (Å²) >= 11 is 1.25. The van der Waals surface area contributed by atoms with Crippen molar-refractivity contribution in [2.75, 3.05) is 19.5 Å². The number of thiazole rings is 1. The summed E-state index contributed by atoms with van der Waals surface area (Å²) in [7, 11) is 3.13. The zero-order valence-corrected chi connectivity index (χ0v) is 16.7. The summed E-state index contributed by atoms with van der Waals surface area (Å²) in [6.07, 6.45) is -2.71. The fourth-order valence-electron chi connectivity index (χ4n) is 2.91. The van der Waals surface area contributed by atoms with Gasteiger partial charge in [0.2, 0.25) is 0 Å². The molecule has 0 atom stereocenters. The number of anilines is 1. The minimum Gasteiger partial charge on any atom is -0.497 e. The fourth-order valence-corrected chi connectivity index (χ4v) is 3.62. The average molecular weight is 430 g/mol. The Kier molecular flexibility index (Phi) is 5.32. The Bertz CT molecular complexity index is 1220. The van der Waals surface area contributed by atoms with Gasteiger partial charge in [0.1, 0.15) is 11.5 Å². The fraction of sp³-hybridized carbons (Fsp3) is 0.150. The maximum Gasteiger partial charge on any atom is 0.295 e. The number of alkyl halides is 2. The highest BCUT2D eigenvalue weighted by Gasteiger charge is 2.16. The van der Waals surface area contributed by atoms with Crippen molar-refractivity contribution in [2.45, 2.75) is 6.43 Å². The van der Waals surface area contributed by atoms with Crippen molar-refractivity contribution >= 4 is 33.4 Å². The number of hydrogen-bond acceptors (Lipinski definition) is 6. The molecule has 30 heavy (non-hydrogen) atoms. The molecule has 0 fully saturated rings. The second-order valence-electron chi connectivity index (χ2n) is 6.21. The smallest absolute Gasteiger partial charge is 0.295 e. The molecule has 4 aromatic rings. The van der Waals surface area contributed by atoms with E-state index in [0.717, 1.165) is 5.56 Å². The molecular formula is C20H16F2N4O3S. The summed E-state index contributed by atoms with van der Waals surface area (Å²) in [5, 5.41) is 4.90. The number of nitrogens with one attached hydrogen (secondary N) is 2. The second kappa shape index (κ2) is 8.07. The van der Waals surface area contributed by atoms with Crippen LogP contribution in [0.3, 0.4) is 0 Å². The van der Waals surface area contributed by atoms with Crippen molar-refractivity contribution in [3.63, 3.8) is 0 Å².